The van der Waals surface area contributed by atoms with Crippen LogP contribution in [0.2, 0.25) is 0 Å². The molecule has 2 heterocycles. The van der Waals surface area contributed by atoms with Gasteiger partial charge >= 0.3 is 0 Å². The molecule has 3 aromatic rings. The monoisotopic (exact) mass is 389 g/mol. The summed E-state index contributed by atoms with van der Waals surface area (Å²) in [6.45, 7) is 2.50. The van der Waals surface area contributed by atoms with Gasteiger partial charge in [0.15, 0.2) is 0 Å². The third-order valence-corrected chi connectivity index (χ3v) is 5.86. The summed E-state index contributed by atoms with van der Waals surface area (Å²) in [5.41, 5.74) is 4.12. The molecule has 1 aliphatic heterocycles. The van der Waals surface area contributed by atoms with Crippen molar-refractivity contribution in [3.8, 4) is 0 Å². The second-order valence-electron chi connectivity index (χ2n) is 6.61. The number of anilines is 1. The van der Waals surface area contributed by atoms with E-state index in [0.29, 0.717) is 22.7 Å². The summed E-state index contributed by atoms with van der Waals surface area (Å²) in [7, 11) is 1.74. The number of carbonyl (C=O) groups excluding carboxylic acids is 2. The Hall–Kier alpha value is -3.12. The van der Waals surface area contributed by atoms with Gasteiger partial charge in [0.2, 0.25) is 0 Å². The van der Waals surface area contributed by atoms with Gasteiger partial charge in [0.25, 0.3) is 11.8 Å². The van der Waals surface area contributed by atoms with E-state index >= 15 is 0 Å². The molecular weight excluding hydrogens is 370 g/mol. The Bertz CT molecular complexity index is 1080. The first kappa shape index (κ1) is 18.3. The van der Waals surface area contributed by atoms with E-state index < -0.39 is 0 Å². The Morgan fingerprint density at radius 3 is 2.79 bits per heavy atom. The number of nitrogens with zero attached hydrogens (tertiary/aromatic N) is 2. The largest absolute Gasteiger partial charge is 0.348 e. The van der Waals surface area contributed by atoms with Crippen molar-refractivity contribution < 1.29 is 9.59 Å². The van der Waals surface area contributed by atoms with Crippen molar-refractivity contribution in [1.82, 2.24) is 10.3 Å². The maximum Gasteiger partial charge on any atom is 0.260 e. The molecule has 2 aromatic carbocycles. The van der Waals surface area contributed by atoms with Crippen LogP contribution in [0.5, 0.6) is 0 Å². The lowest BCUT2D eigenvalue weighted by atomic mass is 10.1. The molecule has 4 rings (SSSR count). The number of hydrogen-bond donors (Lipinski definition) is 1. The number of aromatic nitrogens is 1. The average Bonchev–Trinajstić information content (AvgIpc) is 2.82. The fourth-order valence-electron chi connectivity index (χ4n) is 3.13. The van der Waals surface area contributed by atoms with Crippen LogP contribution in [0.15, 0.2) is 70.7 Å². The van der Waals surface area contributed by atoms with Crippen molar-refractivity contribution in [3.05, 3.63) is 83.0 Å². The SMILES string of the molecule is Cc1ccccc1CNC(=O)c1ccc2c(c1)Sc1ncccc1C(=O)N2C. The Kier molecular flexibility index (Phi) is 4.88. The predicted molar refractivity (Wildman–Crippen MR) is 110 cm³/mol. The first-order chi connectivity index (χ1) is 13.5. The van der Waals surface area contributed by atoms with E-state index in [1.165, 1.54) is 11.8 Å². The molecule has 0 spiro atoms. The van der Waals surface area contributed by atoms with Crippen molar-refractivity contribution in [2.75, 3.05) is 11.9 Å². The molecule has 0 radical (unpaired) electrons. The molecule has 1 N–H and O–H groups in total. The summed E-state index contributed by atoms with van der Waals surface area (Å²) in [6.07, 6.45) is 1.67. The third-order valence-electron chi connectivity index (χ3n) is 4.80. The normalized spacial score (nSPS) is 12.8. The van der Waals surface area contributed by atoms with Crippen LogP contribution >= 0.6 is 11.8 Å². The summed E-state index contributed by atoms with van der Waals surface area (Å²) in [5, 5.41) is 3.62. The lowest BCUT2D eigenvalue weighted by molar-refractivity contribution is 0.0949. The number of nitrogens with one attached hydrogen (secondary N) is 1. The van der Waals surface area contributed by atoms with Crippen molar-refractivity contribution in [1.29, 1.82) is 0 Å². The van der Waals surface area contributed by atoms with Gasteiger partial charge < -0.3 is 10.2 Å². The average molecular weight is 389 g/mol. The molecule has 0 unspecified atom stereocenters. The number of amides is 2. The van der Waals surface area contributed by atoms with Gasteiger partial charge in [-0.15, -0.1) is 0 Å². The van der Waals surface area contributed by atoms with Crippen molar-refractivity contribution in [2.45, 2.75) is 23.4 Å². The summed E-state index contributed by atoms with van der Waals surface area (Å²) < 4.78 is 0. The zero-order valence-electron chi connectivity index (χ0n) is 15.6. The summed E-state index contributed by atoms with van der Waals surface area (Å²) in [5.74, 6) is -0.253. The maximum atomic E-state index is 12.7. The highest BCUT2D eigenvalue weighted by atomic mass is 32.2. The number of hydrogen-bond acceptors (Lipinski definition) is 4. The minimum Gasteiger partial charge on any atom is -0.348 e. The third kappa shape index (κ3) is 3.39. The number of pyridine rings is 1. The van der Waals surface area contributed by atoms with Crippen LogP contribution in [0.3, 0.4) is 0 Å². The minimum absolute atomic E-state index is 0.105. The van der Waals surface area contributed by atoms with Crippen molar-refractivity contribution >= 4 is 29.3 Å². The van der Waals surface area contributed by atoms with Crippen LogP contribution in [0, 0.1) is 6.92 Å². The quantitative estimate of drug-likeness (QED) is 0.734. The van der Waals surface area contributed by atoms with E-state index in [-0.39, 0.29) is 11.8 Å². The summed E-state index contributed by atoms with van der Waals surface area (Å²) >= 11 is 1.41. The molecule has 0 fully saturated rings. The minimum atomic E-state index is -0.147. The molecule has 0 saturated carbocycles. The van der Waals surface area contributed by atoms with E-state index in [9.17, 15) is 9.59 Å². The Labute approximate surface area is 167 Å². The highest BCUT2D eigenvalue weighted by molar-refractivity contribution is 7.99. The number of aryl methyl sites for hydroxylation is 1. The van der Waals surface area contributed by atoms with Gasteiger partial charge in [0.1, 0.15) is 5.03 Å². The van der Waals surface area contributed by atoms with Gasteiger partial charge in [0, 0.05) is 30.2 Å². The number of carbonyl (C=O) groups is 2. The number of fused-ring (bicyclic) bond motifs is 2. The molecule has 0 aliphatic carbocycles. The van der Waals surface area contributed by atoms with Crippen LogP contribution in [-0.4, -0.2) is 23.8 Å². The molecule has 1 aliphatic rings. The second kappa shape index (κ2) is 7.48. The van der Waals surface area contributed by atoms with Crippen LogP contribution < -0.4 is 10.2 Å². The zero-order chi connectivity index (χ0) is 19.7. The van der Waals surface area contributed by atoms with Crippen LogP contribution in [0.25, 0.3) is 0 Å². The molecule has 0 saturated heterocycles. The van der Waals surface area contributed by atoms with Gasteiger partial charge in [-0.05, 0) is 48.4 Å². The van der Waals surface area contributed by atoms with Gasteiger partial charge in [-0.3, -0.25) is 9.59 Å². The second-order valence-corrected chi connectivity index (χ2v) is 7.64. The lowest BCUT2D eigenvalue weighted by Gasteiger charge is -2.17. The molecule has 1 aromatic heterocycles. The first-order valence-electron chi connectivity index (χ1n) is 8.92. The van der Waals surface area contributed by atoms with Crippen LogP contribution in [0.4, 0.5) is 5.69 Å². The topological polar surface area (TPSA) is 62.3 Å². The summed E-state index contributed by atoms with van der Waals surface area (Å²) in [6, 6.07) is 16.9. The maximum absolute atomic E-state index is 12.7. The molecule has 140 valence electrons. The van der Waals surface area contributed by atoms with Crippen LogP contribution in [-0.2, 0) is 6.54 Å². The highest BCUT2D eigenvalue weighted by Gasteiger charge is 2.26. The van der Waals surface area contributed by atoms with Gasteiger partial charge in [-0.2, -0.15) is 0 Å². The Morgan fingerprint density at radius 1 is 1.14 bits per heavy atom. The Balaban J connectivity index is 1.61. The molecule has 0 bridgehead atoms. The van der Waals surface area contributed by atoms with E-state index in [1.54, 1.807) is 36.3 Å². The smallest absolute Gasteiger partial charge is 0.260 e. The van der Waals surface area contributed by atoms with Gasteiger partial charge in [-0.25, -0.2) is 4.98 Å². The summed E-state index contributed by atoms with van der Waals surface area (Å²) in [4.78, 5) is 32.1. The van der Waals surface area contributed by atoms with Crippen molar-refractivity contribution in [3.63, 3.8) is 0 Å². The van der Waals surface area contributed by atoms with E-state index in [4.69, 9.17) is 0 Å². The highest BCUT2D eigenvalue weighted by Crippen LogP contribution is 2.40. The first-order valence-corrected chi connectivity index (χ1v) is 9.74. The fourth-order valence-corrected chi connectivity index (χ4v) is 4.21. The molecular formula is C22H19N3O2S. The molecule has 6 heteroatoms. The van der Waals surface area contributed by atoms with Gasteiger partial charge in [0.05, 0.1) is 11.3 Å². The predicted octanol–water partition coefficient (Wildman–Crippen LogP) is 4.06. The lowest BCUT2D eigenvalue weighted by Crippen LogP contribution is -2.26. The van der Waals surface area contributed by atoms with E-state index in [2.05, 4.69) is 10.3 Å². The Morgan fingerprint density at radius 2 is 1.96 bits per heavy atom. The zero-order valence-corrected chi connectivity index (χ0v) is 16.4. The van der Waals surface area contributed by atoms with E-state index in [1.807, 2.05) is 43.3 Å². The number of rotatable bonds is 3. The van der Waals surface area contributed by atoms with Crippen LogP contribution in [0.1, 0.15) is 31.8 Å². The van der Waals surface area contributed by atoms with Crippen molar-refractivity contribution in [2.24, 2.45) is 0 Å². The standard InChI is InChI=1S/C22H19N3O2S/c1-14-6-3-4-7-16(14)13-24-20(26)15-9-10-18-19(12-15)28-21-17(8-5-11-23-21)22(27)25(18)2/h3-12H,13H2,1-2H3,(H,24,26). The van der Waals surface area contributed by atoms with Gasteiger partial charge in [-0.1, -0.05) is 36.0 Å². The molecule has 2 amide bonds. The number of benzene rings is 2. The molecule has 28 heavy (non-hydrogen) atoms. The molecule has 0 atom stereocenters. The van der Waals surface area contributed by atoms with E-state index in [0.717, 1.165) is 21.7 Å². The molecule has 5 nitrogen and oxygen atoms in total. The fraction of sp³-hybridized carbons (Fsp3) is 0.136.